The quantitative estimate of drug-likeness (QED) is 0.458. The summed E-state index contributed by atoms with van der Waals surface area (Å²) in [4.78, 5) is 0. The SMILES string of the molecule is C[SiH2-].C[SiH2-].[Cd+2].[N]. The number of rotatable bonds is 0. The van der Waals surface area contributed by atoms with Gasteiger partial charge < -0.3 is 20.5 Å². The normalized spacial score (nSPS) is 2.00. The third-order valence-electron chi connectivity index (χ3n) is 0. The van der Waals surface area contributed by atoms with Crippen LogP contribution in [0.1, 0.15) is 0 Å². The molecule has 0 N–H and O–H groups in total. The Labute approximate surface area is 66.9 Å². The second-order valence-corrected chi connectivity index (χ2v) is 0. The predicted octanol–water partition coefficient (Wildman–Crippen LogP) is -1.15. The van der Waals surface area contributed by atoms with Crippen molar-refractivity contribution in [1.82, 2.24) is 6.15 Å². The molecule has 0 atom stereocenters. The van der Waals surface area contributed by atoms with Gasteiger partial charge >= 0.3 is 27.3 Å². The second-order valence-electron chi connectivity index (χ2n) is 0. The Balaban J connectivity index is -0.00000000500. The van der Waals surface area contributed by atoms with Gasteiger partial charge in [0.25, 0.3) is 0 Å². The minimum absolute atomic E-state index is 0. The van der Waals surface area contributed by atoms with Crippen molar-refractivity contribution in [2.45, 2.75) is 13.1 Å². The summed E-state index contributed by atoms with van der Waals surface area (Å²) in [6.07, 6.45) is 0. The predicted molar refractivity (Wildman–Crippen MR) is 30.9 cm³/mol. The third kappa shape index (κ3) is 57.2. The average molecular weight is 217 g/mol. The molecule has 0 aromatic rings. The van der Waals surface area contributed by atoms with Crippen LogP contribution in [0.5, 0.6) is 0 Å². The standard InChI is InChI=1S/2CH5Si.Cd.N/c2*1-2;;/h2*2H2,1H3;;/q2*-1;+2;. The van der Waals surface area contributed by atoms with Crippen molar-refractivity contribution in [3.05, 3.63) is 0 Å². The Morgan fingerprint density at radius 2 is 0.833 bits per heavy atom. The number of hydrogen-bond acceptors (Lipinski definition) is 0. The van der Waals surface area contributed by atoms with E-state index in [0.717, 1.165) is 0 Å². The van der Waals surface area contributed by atoms with Crippen LogP contribution >= 0.6 is 0 Å². The first-order chi connectivity index (χ1) is 2.00. The molecule has 0 aliphatic rings. The van der Waals surface area contributed by atoms with Crippen LogP contribution in [0.3, 0.4) is 0 Å². The molecular formula is C2H10CdNSi2. The van der Waals surface area contributed by atoms with Gasteiger partial charge in [-0.25, -0.2) is 0 Å². The molecule has 0 aliphatic carbocycles. The summed E-state index contributed by atoms with van der Waals surface area (Å²) in [5.41, 5.74) is 0. The van der Waals surface area contributed by atoms with Gasteiger partial charge in [0.1, 0.15) is 0 Å². The van der Waals surface area contributed by atoms with E-state index in [2.05, 4.69) is 0 Å². The van der Waals surface area contributed by atoms with Gasteiger partial charge in [0, 0.05) is 6.15 Å². The molecule has 0 aromatic heterocycles. The van der Waals surface area contributed by atoms with E-state index in [4.69, 9.17) is 0 Å². The first kappa shape index (κ1) is 26.5. The molecule has 0 aliphatic heterocycles. The summed E-state index contributed by atoms with van der Waals surface area (Å²) < 4.78 is 0. The van der Waals surface area contributed by atoms with E-state index in [0.29, 0.717) is 0 Å². The molecule has 0 unspecified atom stereocenters. The fourth-order valence-electron chi connectivity index (χ4n) is 0. The van der Waals surface area contributed by atoms with E-state index in [1.807, 2.05) is 33.6 Å². The van der Waals surface area contributed by atoms with Crippen LogP contribution in [0.15, 0.2) is 0 Å². The minimum atomic E-state index is 0. The number of hydrogen-bond donors (Lipinski definition) is 0. The van der Waals surface area contributed by atoms with Crippen LogP contribution in [-0.4, -0.2) is 20.5 Å². The van der Waals surface area contributed by atoms with Crippen molar-refractivity contribution in [3.63, 3.8) is 0 Å². The largest absolute Gasteiger partial charge is 2.00 e. The van der Waals surface area contributed by atoms with Gasteiger partial charge in [0.05, 0.1) is 0 Å². The minimum Gasteiger partial charge on any atom is -0.300 e. The Morgan fingerprint density at radius 1 is 0.833 bits per heavy atom. The maximum atomic E-state index is 2.03. The molecule has 0 fully saturated rings. The summed E-state index contributed by atoms with van der Waals surface area (Å²) in [6.45, 7) is 4.06. The Bertz CT molecular complexity index is 11.5. The molecule has 0 amide bonds. The monoisotopic (exact) mass is 218 g/mol. The van der Waals surface area contributed by atoms with Crippen molar-refractivity contribution >= 4 is 20.5 Å². The first-order valence-electron chi connectivity index (χ1n) is 1.41. The topological polar surface area (TPSA) is 30.5 Å². The van der Waals surface area contributed by atoms with E-state index in [9.17, 15) is 0 Å². The van der Waals surface area contributed by atoms with Gasteiger partial charge in [0.15, 0.2) is 0 Å². The zero-order chi connectivity index (χ0) is 4.00. The summed E-state index contributed by atoms with van der Waals surface area (Å²) in [5, 5.41) is 0. The molecule has 0 saturated heterocycles. The van der Waals surface area contributed by atoms with Crippen molar-refractivity contribution in [2.24, 2.45) is 0 Å². The smallest absolute Gasteiger partial charge is 0.300 e. The van der Waals surface area contributed by atoms with Crippen LogP contribution < -0.4 is 6.15 Å². The molecule has 4 heteroatoms. The first-order valence-corrected chi connectivity index (χ1v) is 4.24. The third-order valence-corrected chi connectivity index (χ3v) is 0. The van der Waals surface area contributed by atoms with E-state index < -0.39 is 0 Å². The van der Waals surface area contributed by atoms with Crippen LogP contribution in [0.4, 0.5) is 0 Å². The van der Waals surface area contributed by atoms with Crippen molar-refractivity contribution in [1.29, 1.82) is 0 Å². The van der Waals surface area contributed by atoms with E-state index in [-0.39, 0.29) is 33.4 Å². The molecule has 0 rings (SSSR count). The Hall–Kier alpha value is 1.32. The molecule has 6 heavy (non-hydrogen) atoms. The number of nitrogens with zero attached hydrogens (tertiary/aromatic N) is 1. The summed E-state index contributed by atoms with van der Waals surface area (Å²) in [7, 11) is 3.72. The Kier molecular flexibility index (Phi) is 456. The van der Waals surface area contributed by atoms with Gasteiger partial charge in [-0.05, 0) is 0 Å². The van der Waals surface area contributed by atoms with Gasteiger partial charge in [0.2, 0.25) is 0 Å². The van der Waals surface area contributed by atoms with Crippen LogP contribution in [0, 0.1) is 0 Å². The fourth-order valence-corrected chi connectivity index (χ4v) is 0. The van der Waals surface area contributed by atoms with Gasteiger partial charge in [-0.1, -0.05) is 0 Å². The van der Waals surface area contributed by atoms with Gasteiger partial charge in [-0.2, -0.15) is 13.1 Å². The molecule has 0 saturated carbocycles. The van der Waals surface area contributed by atoms with Crippen molar-refractivity contribution < 1.29 is 27.3 Å². The Morgan fingerprint density at radius 3 is 0.833 bits per heavy atom. The summed E-state index contributed by atoms with van der Waals surface area (Å²) in [5.74, 6) is 0. The maximum Gasteiger partial charge on any atom is 2.00 e. The molecule has 33 valence electrons. The zero-order valence-corrected chi connectivity index (χ0v) is 11.4. The van der Waals surface area contributed by atoms with E-state index in [1.54, 1.807) is 0 Å². The van der Waals surface area contributed by atoms with E-state index >= 15 is 0 Å². The molecule has 0 spiro atoms. The molecular weight excluding hydrogens is 207 g/mol. The fraction of sp³-hybridized carbons (Fsp3) is 1.00. The average Bonchev–Trinajstić information content (AvgIpc) is 1.50. The van der Waals surface area contributed by atoms with E-state index in [1.165, 1.54) is 0 Å². The van der Waals surface area contributed by atoms with Crippen LogP contribution in [0.25, 0.3) is 0 Å². The molecule has 0 aromatic carbocycles. The van der Waals surface area contributed by atoms with Crippen LogP contribution in [-0.2, 0) is 27.3 Å². The van der Waals surface area contributed by atoms with Gasteiger partial charge in [-0.3, -0.25) is 0 Å². The molecule has 1 nitrogen and oxygen atoms in total. The summed E-state index contributed by atoms with van der Waals surface area (Å²) in [6, 6.07) is 0. The van der Waals surface area contributed by atoms with Crippen LogP contribution in [0.2, 0.25) is 13.1 Å². The molecule has 3 radical (unpaired) electrons. The van der Waals surface area contributed by atoms with Crippen molar-refractivity contribution in [2.75, 3.05) is 0 Å². The van der Waals surface area contributed by atoms with Crippen molar-refractivity contribution in [3.8, 4) is 0 Å². The maximum absolute atomic E-state index is 2.03. The molecule has 0 heterocycles. The zero-order valence-electron chi connectivity index (χ0n) is 4.57. The second kappa shape index (κ2) is 103. The summed E-state index contributed by atoms with van der Waals surface area (Å²) >= 11 is 0. The van der Waals surface area contributed by atoms with Gasteiger partial charge in [-0.15, -0.1) is 0 Å². The molecule has 0 bridgehead atoms.